The van der Waals surface area contributed by atoms with Crippen LogP contribution in [-0.2, 0) is 19.1 Å². The number of hydrogen-bond acceptors (Lipinski definition) is 6. The lowest BCUT2D eigenvalue weighted by Gasteiger charge is -2.36. The summed E-state index contributed by atoms with van der Waals surface area (Å²) in [5.74, 6) is -0.372. The quantitative estimate of drug-likeness (QED) is 0.368. The van der Waals surface area contributed by atoms with E-state index in [9.17, 15) is 14.9 Å². The summed E-state index contributed by atoms with van der Waals surface area (Å²) in [5.41, 5.74) is 3.29. The van der Waals surface area contributed by atoms with Crippen LogP contribution in [0.15, 0.2) is 35.9 Å². The van der Waals surface area contributed by atoms with E-state index in [-0.39, 0.29) is 23.7 Å². The highest BCUT2D eigenvalue weighted by Crippen LogP contribution is 2.24. The molecule has 0 N–H and O–H groups in total. The lowest BCUT2D eigenvalue weighted by atomic mass is 10.1. The number of carbonyl (C=O) groups excluding carboxylic acids is 2. The van der Waals surface area contributed by atoms with Crippen LogP contribution in [0.2, 0.25) is 0 Å². The third-order valence-electron chi connectivity index (χ3n) is 5.80. The van der Waals surface area contributed by atoms with Crippen LogP contribution >= 0.6 is 0 Å². The van der Waals surface area contributed by atoms with E-state index in [1.54, 1.807) is 12.0 Å². The maximum atomic E-state index is 12.8. The molecule has 3 unspecified atom stereocenters. The van der Waals surface area contributed by atoms with Crippen molar-refractivity contribution < 1.29 is 23.8 Å². The first kappa shape index (κ1) is 25.1. The van der Waals surface area contributed by atoms with E-state index in [0.29, 0.717) is 13.1 Å². The number of morpholine rings is 1. The molecule has 2 aromatic rings. The number of ether oxygens (including phenoxy) is 3. The van der Waals surface area contributed by atoms with Gasteiger partial charge in [-0.25, -0.2) is 4.79 Å². The molecule has 1 amide bonds. The normalized spacial score (nSPS) is 19.3. The Kier molecular flexibility index (Phi) is 7.79. The molecule has 0 radical (unpaired) electrons. The predicted molar refractivity (Wildman–Crippen MR) is 128 cm³/mol. The highest BCUT2D eigenvalue weighted by Gasteiger charge is 2.31. The maximum Gasteiger partial charge on any atom is 0.349 e. The molecule has 8 nitrogen and oxygen atoms in total. The molecule has 0 spiro atoms. The maximum absolute atomic E-state index is 12.8. The number of carbonyl (C=O) groups is 2. The Bertz CT molecular complexity index is 1120. The van der Waals surface area contributed by atoms with Gasteiger partial charge >= 0.3 is 5.97 Å². The lowest BCUT2D eigenvalue weighted by Crippen LogP contribution is -2.51. The van der Waals surface area contributed by atoms with Gasteiger partial charge in [0, 0.05) is 30.2 Å². The van der Waals surface area contributed by atoms with Gasteiger partial charge < -0.3 is 23.7 Å². The largest absolute Gasteiger partial charge is 0.497 e. The first-order valence-electron chi connectivity index (χ1n) is 11.2. The summed E-state index contributed by atoms with van der Waals surface area (Å²) < 4.78 is 18.3. The number of benzene rings is 1. The molecular formula is C26H31N3O5. The summed E-state index contributed by atoms with van der Waals surface area (Å²) in [6.45, 7) is 10.0. The van der Waals surface area contributed by atoms with Crippen LogP contribution in [0.4, 0.5) is 0 Å². The minimum atomic E-state index is -1.01. The summed E-state index contributed by atoms with van der Waals surface area (Å²) in [4.78, 5) is 27.1. The number of aryl methyl sites for hydroxylation is 1. The number of rotatable bonds is 6. The number of esters is 1. The summed E-state index contributed by atoms with van der Waals surface area (Å²) >= 11 is 0. The summed E-state index contributed by atoms with van der Waals surface area (Å²) in [6, 6.07) is 11.4. The molecule has 3 atom stereocenters. The number of methoxy groups -OCH3 is 1. The molecule has 180 valence electrons. The predicted octanol–water partition coefficient (Wildman–Crippen LogP) is 3.58. The monoisotopic (exact) mass is 465 g/mol. The molecule has 0 saturated carbocycles. The van der Waals surface area contributed by atoms with Crippen LogP contribution < -0.4 is 4.74 Å². The molecule has 0 bridgehead atoms. The second kappa shape index (κ2) is 10.6. The Morgan fingerprint density at radius 1 is 1.18 bits per heavy atom. The Morgan fingerprint density at radius 2 is 1.79 bits per heavy atom. The average Bonchev–Trinajstić information content (AvgIpc) is 3.08. The molecule has 1 aromatic heterocycles. The molecule has 34 heavy (non-hydrogen) atoms. The lowest BCUT2D eigenvalue weighted by molar-refractivity contribution is -0.161. The number of nitriles is 1. The first-order valence-corrected chi connectivity index (χ1v) is 11.2. The second-order valence-corrected chi connectivity index (χ2v) is 8.58. The Balaban J connectivity index is 1.77. The van der Waals surface area contributed by atoms with E-state index < -0.39 is 12.1 Å². The summed E-state index contributed by atoms with van der Waals surface area (Å²) in [6.07, 6.45) is 0.312. The fourth-order valence-electron chi connectivity index (χ4n) is 4.24. The standard InChI is InChI=1S/C26H31N3O5/c1-16-11-21(19(4)29(16)23-7-9-24(32-6)10-8-23)12-22(13-27)26(31)34-20(5)25(30)28-14-17(2)33-18(3)15-28/h7-12,17-18,20H,14-15H2,1-6H3/b22-12+. The molecule has 3 rings (SSSR count). The van der Waals surface area contributed by atoms with Crippen molar-refractivity contribution in [1.82, 2.24) is 9.47 Å². The van der Waals surface area contributed by atoms with Gasteiger partial charge in [-0.1, -0.05) is 0 Å². The van der Waals surface area contributed by atoms with E-state index in [1.807, 2.05) is 68.7 Å². The first-order chi connectivity index (χ1) is 16.1. The summed E-state index contributed by atoms with van der Waals surface area (Å²) in [7, 11) is 1.61. The van der Waals surface area contributed by atoms with Gasteiger partial charge in [-0.15, -0.1) is 0 Å². The molecule has 0 aliphatic carbocycles. The molecule has 1 aliphatic rings. The van der Waals surface area contributed by atoms with Crippen LogP contribution in [0.25, 0.3) is 11.8 Å². The Labute approximate surface area is 200 Å². The van der Waals surface area contributed by atoms with Crippen molar-refractivity contribution in [3.63, 3.8) is 0 Å². The van der Waals surface area contributed by atoms with E-state index in [1.165, 1.54) is 13.0 Å². The van der Waals surface area contributed by atoms with Crippen molar-refractivity contribution in [3.05, 3.63) is 52.9 Å². The summed E-state index contributed by atoms with van der Waals surface area (Å²) in [5, 5.41) is 9.62. The van der Waals surface area contributed by atoms with E-state index in [4.69, 9.17) is 14.2 Å². The van der Waals surface area contributed by atoms with Gasteiger partial charge in [0.05, 0.1) is 19.3 Å². The van der Waals surface area contributed by atoms with Crippen LogP contribution in [0.5, 0.6) is 5.75 Å². The third-order valence-corrected chi connectivity index (χ3v) is 5.80. The molecule has 1 saturated heterocycles. The van der Waals surface area contributed by atoms with Crippen molar-refractivity contribution in [2.45, 2.75) is 52.9 Å². The third kappa shape index (κ3) is 5.49. The van der Waals surface area contributed by atoms with Gasteiger partial charge in [0.2, 0.25) is 0 Å². The topological polar surface area (TPSA) is 93.8 Å². The SMILES string of the molecule is COc1ccc(-n2c(C)cc(/C=C(\C#N)C(=O)OC(C)C(=O)N3CC(C)OC(C)C3)c2C)cc1. The second-order valence-electron chi connectivity index (χ2n) is 8.58. The fourth-order valence-corrected chi connectivity index (χ4v) is 4.24. The van der Waals surface area contributed by atoms with Crippen LogP contribution in [0.3, 0.4) is 0 Å². The Morgan fingerprint density at radius 3 is 2.35 bits per heavy atom. The van der Waals surface area contributed by atoms with E-state index >= 15 is 0 Å². The molecule has 1 fully saturated rings. The van der Waals surface area contributed by atoms with Crippen LogP contribution in [0.1, 0.15) is 37.7 Å². The smallest absolute Gasteiger partial charge is 0.349 e. The number of aromatic nitrogens is 1. The number of hydrogen-bond donors (Lipinski definition) is 0. The van der Waals surface area contributed by atoms with Crippen molar-refractivity contribution in [3.8, 4) is 17.5 Å². The van der Waals surface area contributed by atoms with Crippen molar-refractivity contribution >= 4 is 18.0 Å². The zero-order valence-electron chi connectivity index (χ0n) is 20.5. The molecular weight excluding hydrogens is 434 g/mol. The van der Waals surface area contributed by atoms with Gasteiger partial charge in [0.1, 0.15) is 17.4 Å². The van der Waals surface area contributed by atoms with E-state index in [2.05, 4.69) is 0 Å². The van der Waals surface area contributed by atoms with Gasteiger partial charge in [0.15, 0.2) is 6.10 Å². The van der Waals surface area contributed by atoms with Gasteiger partial charge in [-0.3, -0.25) is 4.79 Å². The zero-order chi connectivity index (χ0) is 25.0. The van der Waals surface area contributed by atoms with Gasteiger partial charge in [-0.05, 0) is 76.6 Å². The molecule has 1 aliphatic heterocycles. The Hall–Kier alpha value is -3.57. The van der Waals surface area contributed by atoms with Crippen molar-refractivity contribution in [2.24, 2.45) is 0 Å². The number of amides is 1. The fraction of sp³-hybridized carbons (Fsp3) is 0.423. The highest BCUT2D eigenvalue weighted by atomic mass is 16.5. The minimum Gasteiger partial charge on any atom is -0.497 e. The minimum absolute atomic E-state index is 0.0916. The molecule has 8 heteroatoms. The number of nitrogens with zero attached hydrogens (tertiary/aromatic N) is 3. The van der Waals surface area contributed by atoms with Gasteiger partial charge in [-0.2, -0.15) is 5.26 Å². The van der Waals surface area contributed by atoms with Crippen molar-refractivity contribution in [2.75, 3.05) is 20.2 Å². The molecule has 2 heterocycles. The van der Waals surface area contributed by atoms with Gasteiger partial charge in [0.25, 0.3) is 5.91 Å². The van der Waals surface area contributed by atoms with E-state index in [0.717, 1.165) is 28.4 Å². The molecule has 1 aromatic carbocycles. The van der Waals surface area contributed by atoms with Crippen LogP contribution in [0, 0.1) is 25.2 Å². The zero-order valence-corrected chi connectivity index (χ0v) is 20.5. The average molecular weight is 466 g/mol. The highest BCUT2D eigenvalue weighted by molar-refractivity contribution is 5.99. The van der Waals surface area contributed by atoms with Crippen molar-refractivity contribution in [1.29, 1.82) is 5.26 Å². The van der Waals surface area contributed by atoms with Crippen LogP contribution in [-0.4, -0.2) is 59.9 Å².